The van der Waals surface area contributed by atoms with Crippen LogP contribution < -0.4 is 0 Å². The molecule has 1 heteroatoms. The Labute approximate surface area is 466 Å². The molecule has 0 saturated heterocycles. The first-order chi connectivity index (χ1) is 36.2. The van der Waals surface area contributed by atoms with Gasteiger partial charge in [0, 0.05) is 0 Å². The third-order valence-corrected chi connectivity index (χ3v) is 18.0. The van der Waals surface area contributed by atoms with Gasteiger partial charge in [-0.3, -0.25) is 0 Å². The maximum atomic E-state index is 2.90. The minimum absolute atomic E-state index is 0.648. The standard InChI is InChI=1S/C72H147N/c1-6-11-16-21-26-31-37-44-51-58-65-72(66-59-52-45-38-32-27-22-17-12-7-2,67-60-53-46-39-33-28-23-18-13-8-3)68-61-54-47-40-36-43-50-57-64-71-73(69-62-55-48-41-34-29-24-19-14-9-4)70-63-56-49-42-35-30-25-20-15-10-5/h6-71H2,1-5H3. The second kappa shape index (κ2) is 64.5. The summed E-state index contributed by atoms with van der Waals surface area (Å²) in [6, 6.07) is 0. The van der Waals surface area contributed by atoms with E-state index >= 15 is 0 Å². The van der Waals surface area contributed by atoms with Crippen molar-refractivity contribution in [1.82, 2.24) is 4.90 Å². The molecule has 0 unspecified atom stereocenters. The summed E-state index contributed by atoms with van der Waals surface area (Å²) in [5.74, 6) is 0. The van der Waals surface area contributed by atoms with E-state index in [0.29, 0.717) is 5.41 Å². The van der Waals surface area contributed by atoms with Gasteiger partial charge < -0.3 is 4.90 Å². The van der Waals surface area contributed by atoms with Crippen molar-refractivity contribution in [3.8, 4) is 0 Å². The van der Waals surface area contributed by atoms with E-state index in [4.69, 9.17) is 0 Å². The average Bonchev–Trinajstić information content (AvgIpc) is 3.40. The highest BCUT2D eigenvalue weighted by molar-refractivity contribution is 4.80. The smallest absolute Gasteiger partial charge is 0.00187 e. The number of rotatable bonds is 67. The summed E-state index contributed by atoms with van der Waals surface area (Å²) in [7, 11) is 0. The maximum absolute atomic E-state index is 2.90. The lowest BCUT2D eigenvalue weighted by Crippen LogP contribution is -2.27. The van der Waals surface area contributed by atoms with Gasteiger partial charge in [0.05, 0.1) is 0 Å². The van der Waals surface area contributed by atoms with Crippen molar-refractivity contribution in [2.45, 2.75) is 439 Å². The zero-order chi connectivity index (χ0) is 52.7. The molecule has 1 nitrogen and oxygen atoms in total. The largest absolute Gasteiger partial charge is 0.303 e. The van der Waals surface area contributed by atoms with Crippen LogP contribution in [0.15, 0.2) is 0 Å². The Morgan fingerprint density at radius 1 is 0.151 bits per heavy atom. The van der Waals surface area contributed by atoms with E-state index in [0.717, 1.165) is 0 Å². The van der Waals surface area contributed by atoms with Crippen molar-refractivity contribution in [2.75, 3.05) is 19.6 Å². The molecule has 0 spiro atoms. The first kappa shape index (κ1) is 73.0. The van der Waals surface area contributed by atoms with E-state index in [1.54, 1.807) is 25.7 Å². The molecule has 0 atom stereocenters. The van der Waals surface area contributed by atoms with Crippen LogP contribution in [-0.2, 0) is 0 Å². The molecule has 440 valence electrons. The molecule has 0 amide bonds. The lowest BCUT2D eigenvalue weighted by atomic mass is 9.70. The van der Waals surface area contributed by atoms with Gasteiger partial charge in [0.15, 0.2) is 0 Å². The van der Waals surface area contributed by atoms with Gasteiger partial charge in [0.2, 0.25) is 0 Å². The Morgan fingerprint density at radius 2 is 0.274 bits per heavy atom. The number of hydrogen-bond acceptors (Lipinski definition) is 1. The Balaban J connectivity index is 4.98. The minimum Gasteiger partial charge on any atom is -0.303 e. The molecule has 0 heterocycles. The second-order valence-corrected chi connectivity index (χ2v) is 25.4. The fourth-order valence-corrected chi connectivity index (χ4v) is 12.8. The predicted molar refractivity (Wildman–Crippen MR) is 338 cm³/mol. The third kappa shape index (κ3) is 57.9. The van der Waals surface area contributed by atoms with Gasteiger partial charge in [0.1, 0.15) is 0 Å². The van der Waals surface area contributed by atoms with E-state index in [9.17, 15) is 0 Å². The predicted octanol–water partition coefficient (Wildman–Crippen LogP) is 27.0. The Morgan fingerprint density at radius 3 is 0.425 bits per heavy atom. The van der Waals surface area contributed by atoms with Gasteiger partial charge in [-0.1, -0.05) is 394 Å². The third-order valence-electron chi connectivity index (χ3n) is 18.0. The summed E-state index contributed by atoms with van der Waals surface area (Å²) in [6.07, 6.45) is 92.9. The SMILES string of the molecule is CCCCCCCCCCCCN(CCCCCCCCCCCC)CCCCCCCCCCCC(CCCCCCCCCCCC)(CCCCCCCCCCCC)CCCCCCCCCCCC. The van der Waals surface area contributed by atoms with Gasteiger partial charge in [0.25, 0.3) is 0 Å². The fourth-order valence-electron chi connectivity index (χ4n) is 12.8. The van der Waals surface area contributed by atoms with Crippen LogP contribution in [0.5, 0.6) is 0 Å². The van der Waals surface area contributed by atoms with E-state index in [1.165, 1.54) is 398 Å². The summed E-state index contributed by atoms with van der Waals surface area (Å²) in [5.41, 5.74) is 0.648. The molecule has 0 aliphatic heterocycles. The molecule has 0 radical (unpaired) electrons. The van der Waals surface area contributed by atoms with Crippen LogP contribution >= 0.6 is 0 Å². The van der Waals surface area contributed by atoms with Crippen LogP contribution in [0.3, 0.4) is 0 Å². The Bertz CT molecular complexity index is 856. The summed E-state index contributed by atoms with van der Waals surface area (Å²) < 4.78 is 0. The van der Waals surface area contributed by atoms with Gasteiger partial charge >= 0.3 is 0 Å². The summed E-state index contributed by atoms with van der Waals surface area (Å²) in [4.78, 5) is 2.90. The van der Waals surface area contributed by atoms with Crippen LogP contribution in [0.25, 0.3) is 0 Å². The van der Waals surface area contributed by atoms with Gasteiger partial charge in [-0.25, -0.2) is 0 Å². The van der Waals surface area contributed by atoms with Gasteiger partial charge in [-0.15, -0.1) is 0 Å². The normalized spacial score (nSPS) is 12.1. The zero-order valence-electron chi connectivity index (χ0n) is 52.6. The van der Waals surface area contributed by atoms with Crippen LogP contribution in [0.1, 0.15) is 439 Å². The highest BCUT2D eigenvalue weighted by Gasteiger charge is 2.28. The number of unbranched alkanes of at least 4 members (excludes halogenated alkanes) is 53. The van der Waals surface area contributed by atoms with Crippen molar-refractivity contribution >= 4 is 0 Å². The fraction of sp³-hybridized carbons (Fsp3) is 1.00. The van der Waals surface area contributed by atoms with Crippen LogP contribution in [-0.4, -0.2) is 24.5 Å². The molecule has 73 heavy (non-hydrogen) atoms. The Hall–Kier alpha value is -0.0400. The first-order valence-electron chi connectivity index (χ1n) is 35.9. The molecule has 0 rings (SSSR count). The molecular weight excluding hydrogens is 879 g/mol. The summed E-state index contributed by atoms with van der Waals surface area (Å²) >= 11 is 0. The van der Waals surface area contributed by atoms with Gasteiger partial charge in [-0.2, -0.15) is 0 Å². The quantitative estimate of drug-likeness (QED) is 0.0549. The van der Waals surface area contributed by atoms with E-state index in [2.05, 4.69) is 39.5 Å². The molecule has 0 aliphatic carbocycles. The highest BCUT2D eigenvalue weighted by Crippen LogP contribution is 2.42. The van der Waals surface area contributed by atoms with Crippen molar-refractivity contribution in [3.63, 3.8) is 0 Å². The average molecular weight is 1030 g/mol. The molecule has 0 fully saturated rings. The second-order valence-electron chi connectivity index (χ2n) is 25.4. The first-order valence-corrected chi connectivity index (χ1v) is 35.9. The van der Waals surface area contributed by atoms with E-state index in [1.807, 2.05) is 0 Å². The van der Waals surface area contributed by atoms with Crippen molar-refractivity contribution < 1.29 is 0 Å². The van der Waals surface area contributed by atoms with Crippen LogP contribution in [0.2, 0.25) is 0 Å². The lowest BCUT2D eigenvalue weighted by Gasteiger charge is -2.35. The van der Waals surface area contributed by atoms with Crippen LogP contribution in [0, 0.1) is 5.41 Å². The topological polar surface area (TPSA) is 3.24 Å². The summed E-state index contributed by atoms with van der Waals surface area (Å²) in [5, 5.41) is 0. The highest BCUT2D eigenvalue weighted by atomic mass is 15.1. The molecule has 0 aliphatic rings. The number of hydrogen-bond donors (Lipinski definition) is 0. The molecule has 0 bridgehead atoms. The minimum atomic E-state index is 0.648. The molecule has 0 saturated carbocycles. The van der Waals surface area contributed by atoms with Gasteiger partial charge in [-0.05, 0) is 70.0 Å². The zero-order valence-corrected chi connectivity index (χ0v) is 52.6. The van der Waals surface area contributed by atoms with E-state index < -0.39 is 0 Å². The van der Waals surface area contributed by atoms with Crippen molar-refractivity contribution in [3.05, 3.63) is 0 Å². The maximum Gasteiger partial charge on any atom is -0.00187 e. The molecule has 0 aromatic rings. The lowest BCUT2D eigenvalue weighted by molar-refractivity contribution is 0.171. The molecule has 0 aromatic heterocycles. The van der Waals surface area contributed by atoms with E-state index in [-0.39, 0.29) is 0 Å². The van der Waals surface area contributed by atoms with Crippen LogP contribution in [0.4, 0.5) is 0 Å². The summed E-state index contributed by atoms with van der Waals surface area (Å²) in [6.45, 7) is 15.8. The Kier molecular flexibility index (Phi) is 64.4. The molecule has 0 N–H and O–H groups in total. The van der Waals surface area contributed by atoms with Crippen molar-refractivity contribution in [2.24, 2.45) is 5.41 Å². The monoisotopic (exact) mass is 1030 g/mol. The molecule has 0 aromatic carbocycles. The van der Waals surface area contributed by atoms with Crippen molar-refractivity contribution in [1.29, 1.82) is 0 Å². The number of nitrogens with zero attached hydrogens (tertiary/aromatic N) is 1. The molecular formula is C72H147N.